The standard InChI is InChI=1S/C13H27N/c1-3-4-5-6-7-8-9-10-11-12-13-14-2/h7-8,14H,3-6,9-13H2,1-2H3/b8-7-. The van der Waals surface area contributed by atoms with Crippen LogP contribution in [0.5, 0.6) is 0 Å². The summed E-state index contributed by atoms with van der Waals surface area (Å²) in [5.74, 6) is 0. The highest BCUT2D eigenvalue weighted by Gasteiger charge is 1.86. The minimum Gasteiger partial charge on any atom is -0.320 e. The SMILES string of the molecule is CCCCC/C=C\CCCCCNC. The van der Waals surface area contributed by atoms with E-state index in [0.717, 1.165) is 0 Å². The number of hydrogen-bond donors (Lipinski definition) is 1. The summed E-state index contributed by atoms with van der Waals surface area (Å²) in [6.07, 6.45) is 15.4. The second kappa shape index (κ2) is 12.7. The van der Waals surface area contributed by atoms with Crippen molar-refractivity contribution in [1.29, 1.82) is 0 Å². The van der Waals surface area contributed by atoms with Crippen molar-refractivity contribution in [3.05, 3.63) is 12.2 Å². The van der Waals surface area contributed by atoms with Gasteiger partial charge in [0.15, 0.2) is 0 Å². The van der Waals surface area contributed by atoms with Crippen molar-refractivity contribution in [1.82, 2.24) is 5.32 Å². The smallest absolute Gasteiger partial charge is 0.00519 e. The Bertz CT molecular complexity index is 118. The molecule has 0 aromatic heterocycles. The maximum absolute atomic E-state index is 3.17. The topological polar surface area (TPSA) is 12.0 Å². The lowest BCUT2D eigenvalue weighted by Crippen LogP contribution is -2.06. The van der Waals surface area contributed by atoms with Crippen LogP contribution >= 0.6 is 0 Å². The molecule has 0 saturated carbocycles. The summed E-state index contributed by atoms with van der Waals surface area (Å²) in [6, 6.07) is 0. The van der Waals surface area contributed by atoms with Gasteiger partial charge < -0.3 is 5.32 Å². The lowest BCUT2D eigenvalue weighted by Gasteiger charge is -1.97. The molecule has 0 bridgehead atoms. The van der Waals surface area contributed by atoms with Crippen LogP contribution in [0, 0.1) is 0 Å². The number of rotatable bonds is 10. The molecule has 0 amide bonds. The van der Waals surface area contributed by atoms with Crippen molar-refractivity contribution in [2.75, 3.05) is 13.6 Å². The minimum absolute atomic E-state index is 1.17. The molecule has 84 valence electrons. The summed E-state index contributed by atoms with van der Waals surface area (Å²) in [5, 5.41) is 3.17. The lowest BCUT2D eigenvalue weighted by molar-refractivity contribution is 0.647. The Balaban J connectivity index is 2.96. The molecule has 0 aliphatic carbocycles. The highest BCUT2D eigenvalue weighted by Crippen LogP contribution is 2.03. The van der Waals surface area contributed by atoms with E-state index in [9.17, 15) is 0 Å². The molecule has 0 rings (SSSR count). The summed E-state index contributed by atoms with van der Waals surface area (Å²) in [4.78, 5) is 0. The lowest BCUT2D eigenvalue weighted by atomic mass is 10.1. The molecule has 0 saturated heterocycles. The third-order valence-electron chi connectivity index (χ3n) is 2.44. The molecule has 0 aromatic rings. The average molecular weight is 197 g/mol. The van der Waals surface area contributed by atoms with Crippen molar-refractivity contribution < 1.29 is 0 Å². The average Bonchev–Trinajstić information content (AvgIpc) is 2.21. The van der Waals surface area contributed by atoms with Crippen LogP contribution < -0.4 is 5.32 Å². The first-order chi connectivity index (χ1) is 6.91. The Kier molecular flexibility index (Phi) is 12.4. The van der Waals surface area contributed by atoms with Crippen LogP contribution in [0.4, 0.5) is 0 Å². The fourth-order valence-electron chi connectivity index (χ4n) is 1.49. The van der Waals surface area contributed by atoms with E-state index >= 15 is 0 Å². The van der Waals surface area contributed by atoms with Gasteiger partial charge in [-0.1, -0.05) is 38.3 Å². The van der Waals surface area contributed by atoms with E-state index in [1.54, 1.807) is 0 Å². The predicted octanol–water partition coefficient (Wildman–Crippen LogP) is 3.90. The van der Waals surface area contributed by atoms with E-state index in [2.05, 4.69) is 24.4 Å². The van der Waals surface area contributed by atoms with E-state index in [4.69, 9.17) is 0 Å². The molecule has 14 heavy (non-hydrogen) atoms. The summed E-state index contributed by atoms with van der Waals surface area (Å²) in [7, 11) is 2.02. The zero-order valence-electron chi connectivity index (χ0n) is 10.0. The third-order valence-corrected chi connectivity index (χ3v) is 2.44. The number of nitrogens with one attached hydrogen (secondary N) is 1. The van der Waals surface area contributed by atoms with E-state index in [1.165, 1.54) is 57.9 Å². The molecule has 0 spiro atoms. The number of hydrogen-bond acceptors (Lipinski definition) is 1. The molecule has 0 atom stereocenters. The summed E-state index contributed by atoms with van der Waals surface area (Å²) in [6.45, 7) is 3.42. The van der Waals surface area contributed by atoms with Gasteiger partial charge in [0.25, 0.3) is 0 Å². The summed E-state index contributed by atoms with van der Waals surface area (Å²) < 4.78 is 0. The molecule has 0 fully saturated rings. The third kappa shape index (κ3) is 11.7. The molecule has 0 radical (unpaired) electrons. The van der Waals surface area contributed by atoms with Crippen LogP contribution in [0.2, 0.25) is 0 Å². The first kappa shape index (κ1) is 13.7. The van der Waals surface area contributed by atoms with Crippen LogP contribution in [0.3, 0.4) is 0 Å². The second-order valence-corrected chi connectivity index (χ2v) is 3.92. The minimum atomic E-state index is 1.17. The van der Waals surface area contributed by atoms with Crippen molar-refractivity contribution in [2.45, 2.75) is 58.3 Å². The maximum atomic E-state index is 3.17. The van der Waals surface area contributed by atoms with E-state index in [0.29, 0.717) is 0 Å². The number of unbranched alkanes of at least 4 members (excludes halogenated alkanes) is 6. The summed E-state index contributed by atoms with van der Waals surface area (Å²) in [5.41, 5.74) is 0. The van der Waals surface area contributed by atoms with Crippen molar-refractivity contribution >= 4 is 0 Å². The quantitative estimate of drug-likeness (QED) is 0.414. The molecular weight excluding hydrogens is 170 g/mol. The van der Waals surface area contributed by atoms with Gasteiger partial charge in [0.2, 0.25) is 0 Å². The van der Waals surface area contributed by atoms with Crippen LogP contribution in [-0.2, 0) is 0 Å². The van der Waals surface area contributed by atoms with Crippen molar-refractivity contribution in [3.63, 3.8) is 0 Å². The molecule has 0 unspecified atom stereocenters. The van der Waals surface area contributed by atoms with Gasteiger partial charge in [-0.05, 0) is 45.7 Å². The highest BCUT2D eigenvalue weighted by atomic mass is 14.8. The Morgan fingerprint density at radius 3 is 2.07 bits per heavy atom. The van der Waals surface area contributed by atoms with Crippen molar-refractivity contribution in [3.8, 4) is 0 Å². The fraction of sp³-hybridized carbons (Fsp3) is 0.846. The van der Waals surface area contributed by atoms with Gasteiger partial charge in [-0.25, -0.2) is 0 Å². The molecule has 0 aromatic carbocycles. The Hall–Kier alpha value is -0.300. The van der Waals surface area contributed by atoms with Crippen LogP contribution in [0.25, 0.3) is 0 Å². The highest BCUT2D eigenvalue weighted by molar-refractivity contribution is 4.81. The fourth-order valence-corrected chi connectivity index (χ4v) is 1.49. The Morgan fingerprint density at radius 1 is 0.857 bits per heavy atom. The van der Waals surface area contributed by atoms with Crippen LogP contribution in [0.15, 0.2) is 12.2 Å². The van der Waals surface area contributed by atoms with Crippen LogP contribution in [0.1, 0.15) is 58.3 Å². The van der Waals surface area contributed by atoms with E-state index in [-0.39, 0.29) is 0 Å². The molecule has 1 N–H and O–H groups in total. The number of allylic oxidation sites excluding steroid dienone is 2. The molecule has 0 aliphatic heterocycles. The van der Waals surface area contributed by atoms with Crippen molar-refractivity contribution in [2.24, 2.45) is 0 Å². The van der Waals surface area contributed by atoms with Gasteiger partial charge in [0.05, 0.1) is 0 Å². The molecule has 1 heteroatoms. The van der Waals surface area contributed by atoms with Gasteiger partial charge >= 0.3 is 0 Å². The van der Waals surface area contributed by atoms with Gasteiger partial charge in [-0.3, -0.25) is 0 Å². The Morgan fingerprint density at radius 2 is 1.50 bits per heavy atom. The van der Waals surface area contributed by atoms with E-state index < -0.39 is 0 Å². The second-order valence-electron chi connectivity index (χ2n) is 3.92. The molecular formula is C13H27N. The zero-order chi connectivity index (χ0) is 10.5. The van der Waals surface area contributed by atoms with Gasteiger partial charge in [-0.2, -0.15) is 0 Å². The predicted molar refractivity (Wildman–Crippen MR) is 65.7 cm³/mol. The van der Waals surface area contributed by atoms with E-state index in [1.807, 2.05) is 7.05 Å². The summed E-state index contributed by atoms with van der Waals surface area (Å²) >= 11 is 0. The first-order valence-electron chi connectivity index (χ1n) is 6.21. The zero-order valence-corrected chi connectivity index (χ0v) is 10.0. The Labute approximate surface area is 90.0 Å². The van der Waals surface area contributed by atoms with Gasteiger partial charge in [0, 0.05) is 0 Å². The van der Waals surface area contributed by atoms with Gasteiger partial charge in [-0.15, -0.1) is 0 Å². The first-order valence-corrected chi connectivity index (χ1v) is 6.21. The normalized spacial score (nSPS) is 11.3. The maximum Gasteiger partial charge on any atom is -0.00519 e. The monoisotopic (exact) mass is 197 g/mol. The molecule has 1 nitrogen and oxygen atoms in total. The molecule has 0 heterocycles. The molecule has 0 aliphatic rings. The van der Waals surface area contributed by atoms with Crippen LogP contribution in [-0.4, -0.2) is 13.6 Å². The largest absolute Gasteiger partial charge is 0.320 e. The van der Waals surface area contributed by atoms with Gasteiger partial charge in [0.1, 0.15) is 0 Å².